The molecule has 1 aliphatic rings. The third-order valence-corrected chi connectivity index (χ3v) is 3.26. The van der Waals surface area contributed by atoms with Crippen LogP contribution < -0.4 is 4.90 Å². The van der Waals surface area contributed by atoms with Crippen LogP contribution in [0.15, 0.2) is 0 Å². The third kappa shape index (κ3) is 2.25. The van der Waals surface area contributed by atoms with E-state index in [1.165, 1.54) is 4.68 Å². The van der Waals surface area contributed by atoms with Crippen LogP contribution in [0.4, 0.5) is 11.5 Å². The second kappa shape index (κ2) is 4.87. The SMILES string of the molecule is CCCc1nn(C)c(N2CC(C(=O)O)C2)c1[N+](=O)[O-]. The molecule has 8 heteroatoms. The first kappa shape index (κ1) is 13.3. The van der Waals surface area contributed by atoms with Gasteiger partial charge in [-0.05, 0) is 6.42 Å². The Morgan fingerprint density at radius 1 is 1.58 bits per heavy atom. The number of nitrogens with zero attached hydrogens (tertiary/aromatic N) is 4. The van der Waals surface area contributed by atoms with Gasteiger partial charge in [0.2, 0.25) is 5.82 Å². The van der Waals surface area contributed by atoms with E-state index < -0.39 is 16.8 Å². The van der Waals surface area contributed by atoms with Crippen molar-refractivity contribution in [2.75, 3.05) is 18.0 Å². The van der Waals surface area contributed by atoms with Crippen molar-refractivity contribution in [1.82, 2.24) is 9.78 Å². The van der Waals surface area contributed by atoms with Gasteiger partial charge in [0, 0.05) is 20.1 Å². The summed E-state index contributed by atoms with van der Waals surface area (Å²) in [5.74, 6) is -0.912. The maximum atomic E-state index is 11.2. The minimum atomic E-state index is -0.866. The topological polar surface area (TPSA) is 102 Å². The number of carboxylic acid groups (broad SMARTS) is 1. The highest BCUT2D eigenvalue weighted by atomic mass is 16.6. The molecular formula is C11H16N4O4. The molecule has 8 nitrogen and oxygen atoms in total. The fourth-order valence-corrected chi connectivity index (χ4v) is 2.31. The van der Waals surface area contributed by atoms with E-state index in [1.807, 2.05) is 6.92 Å². The van der Waals surface area contributed by atoms with Gasteiger partial charge >= 0.3 is 11.7 Å². The summed E-state index contributed by atoms with van der Waals surface area (Å²) in [5.41, 5.74) is 0.469. The number of aromatic nitrogens is 2. The molecule has 2 rings (SSSR count). The van der Waals surface area contributed by atoms with Gasteiger partial charge in [0.05, 0.1) is 10.8 Å². The molecule has 0 amide bonds. The molecule has 0 saturated carbocycles. The molecule has 0 bridgehead atoms. The van der Waals surface area contributed by atoms with Gasteiger partial charge in [0.25, 0.3) is 0 Å². The number of aliphatic carboxylic acids is 1. The van der Waals surface area contributed by atoms with E-state index in [1.54, 1.807) is 11.9 Å². The van der Waals surface area contributed by atoms with Crippen LogP contribution in [-0.2, 0) is 18.3 Å². The molecule has 1 fully saturated rings. The van der Waals surface area contributed by atoms with E-state index in [4.69, 9.17) is 5.11 Å². The number of carboxylic acids is 1. The van der Waals surface area contributed by atoms with Crippen LogP contribution in [0.2, 0.25) is 0 Å². The summed E-state index contributed by atoms with van der Waals surface area (Å²) in [6.45, 7) is 2.52. The van der Waals surface area contributed by atoms with E-state index in [0.29, 0.717) is 31.0 Å². The van der Waals surface area contributed by atoms with E-state index in [0.717, 1.165) is 6.42 Å². The van der Waals surface area contributed by atoms with Gasteiger partial charge in [-0.1, -0.05) is 13.3 Å². The Morgan fingerprint density at radius 3 is 2.68 bits per heavy atom. The number of hydrogen-bond donors (Lipinski definition) is 1. The van der Waals surface area contributed by atoms with Gasteiger partial charge in [-0.15, -0.1) is 0 Å². The number of aryl methyl sites for hydroxylation is 2. The molecule has 1 saturated heterocycles. The lowest BCUT2D eigenvalue weighted by molar-refractivity contribution is -0.384. The summed E-state index contributed by atoms with van der Waals surface area (Å²) < 4.78 is 1.47. The largest absolute Gasteiger partial charge is 0.481 e. The third-order valence-electron chi connectivity index (χ3n) is 3.26. The number of carbonyl (C=O) groups is 1. The molecule has 104 valence electrons. The van der Waals surface area contributed by atoms with Crippen LogP contribution in [0.5, 0.6) is 0 Å². The first-order valence-electron chi connectivity index (χ1n) is 6.13. The lowest BCUT2D eigenvalue weighted by Crippen LogP contribution is -2.51. The van der Waals surface area contributed by atoms with Crippen molar-refractivity contribution in [3.8, 4) is 0 Å². The molecule has 0 atom stereocenters. The lowest BCUT2D eigenvalue weighted by atomic mass is 10.0. The molecule has 1 aliphatic heterocycles. The van der Waals surface area contributed by atoms with Crippen LogP contribution in [0, 0.1) is 16.0 Å². The Labute approximate surface area is 109 Å². The molecule has 1 N–H and O–H groups in total. The van der Waals surface area contributed by atoms with E-state index in [-0.39, 0.29) is 5.69 Å². The maximum absolute atomic E-state index is 11.2. The Balaban J connectivity index is 2.30. The van der Waals surface area contributed by atoms with Crippen LogP contribution in [0.3, 0.4) is 0 Å². The molecule has 2 heterocycles. The van der Waals surface area contributed by atoms with Gasteiger partial charge in [-0.2, -0.15) is 5.10 Å². The van der Waals surface area contributed by atoms with Crippen LogP contribution >= 0.6 is 0 Å². The molecule has 1 aromatic heterocycles. The fourth-order valence-electron chi connectivity index (χ4n) is 2.31. The number of anilines is 1. The first-order valence-corrected chi connectivity index (χ1v) is 6.13. The Morgan fingerprint density at radius 2 is 2.21 bits per heavy atom. The fraction of sp³-hybridized carbons (Fsp3) is 0.636. The van der Waals surface area contributed by atoms with Crippen molar-refractivity contribution in [2.24, 2.45) is 13.0 Å². The molecule has 0 radical (unpaired) electrons. The van der Waals surface area contributed by atoms with Crippen molar-refractivity contribution in [3.05, 3.63) is 15.8 Å². The second-order valence-electron chi connectivity index (χ2n) is 4.69. The number of hydrogen-bond acceptors (Lipinski definition) is 5. The highest BCUT2D eigenvalue weighted by molar-refractivity contribution is 5.75. The minimum Gasteiger partial charge on any atom is -0.481 e. The standard InChI is InChI=1S/C11H16N4O4/c1-3-4-8-9(15(18)19)10(13(2)12-8)14-5-7(6-14)11(16)17/h7H,3-6H2,1-2H3,(H,16,17). The number of rotatable bonds is 5. The molecular weight excluding hydrogens is 252 g/mol. The van der Waals surface area contributed by atoms with Gasteiger partial charge in [-0.25, -0.2) is 4.68 Å². The van der Waals surface area contributed by atoms with Crippen molar-refractivity contribution >= 4 is 17.5 Å². The van der Waals surface area contributed by atoms with Gasteiger partial charge < -0.3 is 10.0 Å². The molecule has 0 aromatic carbocycles. The highest BCUT2D eigenvalue weighted by Gasteiger charge is 2.39. The molecule has 0 aliphatic carbocycles. The van der Waals surface area contributed by atoms with Crippen LogP contribution in [-0.4, -0.2) is 38.9 Å². The van der Waals surface area contributed by atoms with Crippen molar-refractivity contribution in [2.45, 2.75) is 19.8 Å². The first-order chi connectivity index (χ1) is 8.95. The average molecular weight is 268 g/mol. The van der Waals surface area contributed by atoms with E-state index in [9.17, 15) is 14.9 Å². The second-order valence-corrected chi connectivity index (χ2v) is 4.69. The monoisotopic (exact) mass is 268 g/mol. The van der Waals surface area contributed by atoms with Crippen LogP contribution in [0.25, 0.3) is 0 Å². The summed E-state index contributed by atoms with van der Waals surface area (Å²) in [5, 5.41) is 24.2. The minimum absolute atomic E-state index is 0.00758. The maximum Gasteiger partial charge on any atom is 0.334 e. The van der Waals surface area contributed by atoms with Crippen molar-refractivity contribution in [1.29, 1.82) is 0 Å². The van der Waals surface area contributed by atoms with E-state index >= 15 is 0 Å². The van der Waals surface area contributed by atoms with Crippen LogP contribution in [0.1, 0.15) is 19.0 Å². The zero-order valence-electron chi connectivity index (χ0n) is 10.9. The predicted molar refractivity (Wildman–Crippen MR) is 67.2 cm³/mol. The van der Waals surface area contributed by atoms with Crippen molar-refractivity contribution in [3.63, 3.8) is 0 Å². The summed E-state index contributed by atoms with van der Waals surface area (Å²) in [7, 11) is 1.65. The summed E-state index contributed by atoms with van der Waals surface area (Å²) >= 11 is 0. The molecule has 0 spiro atoms. The smallest absolute Gasteiger partial charge is 0.334 e. The molecule has 19 heavy (non-hydrogen) atoms. The van der Waals surface area contributed by atoms with Crippen molar-refractivity contribution < 1.29 is 14.8 Å². The van der Waals surface area contributed by atoms with Gasteiger partial charge in [0.15, 0.2) is 0 Å². The zero-order chi connectivity index (χ0) is 14.2. The molecule has 0 unspecified atom stereocenters. The predicted octanol–water partition coefficient (Wildman–Crippen LogP) is 0.802. The normalized spacial score (nSPS) is 15.4. The van der Waals surface area contributed by atoms with Gasteiger partial charge in [0.1, 0.15) is 5.69 Å². The summed E-state index contributed by atoms with van der Waals surface area (Å²) in [6.07, 6.45) is 1.31. The quantitative estimate of drug-likeness (QED) is 0.626. The average Bonchev–Trinajstić information content (AvgIpc) is 2.54. The van der Waals surface area contributed by atoms with E-state index in [2.05, 4.69) is 5.10 Å². The molecule has 1 aromatic rings. The Bertz CT molecular complexity index is 519. The summed E-state index contributed by atoms with van der Waals surface area (Å²) in [4.78, 5) is 23.3. The summed E-state index contributed by atoms with van der Waals surface area (Å²) in [6, 6.07) is 0. The highest BCUT2D eigenvalue weighted by Crippen LogP contribution is 2.35. The lowest BCUT2D eigenvalue weighted by Gasteiger charge is -2.37. The Kier molecular flexibility index (Phi) is 3.41. The number of nitro groups is 1. The van der Waals surface area contributed by atoms with Gasteiger partial charge in [-0.3, -0.25) is 14.9 Å². The Hall–Kier alpha value is -2.12. The zero-order valence-corrected chi connectivity index (χ0v) is 10.9.